The summed E-state index contributed by atoms with van der Waals surface area (Å²) < 4.78 is 1.92. The van der Waals surface area contributed by atoms with Gasteiger partial charge in [0.05, 0.1) is 18.5 Å². The van der Waals surface area contributed by atoms with Crippen LogP contribution in [0.4, 0.5) is 5.69 Å². The minimum absolute atomic E-state index is 0.146. The van der Waals surface area contributed by atoms with Gasteiger partial charge in [-0.3, -0.25) is 4.79 Å². The third-order valence-corrected chi connectivity index (χ3v) is 5.20. The predicted octanol–water partition coefficient (Wildman–Crippen LogP) is 3.33. The van der Waals surface area contributed by atoms with Gasteiger partial charge in [0.25, 0.3) is 5.91 Å². The van der Waals surface area contributed by atoms with Crippen LogP contribution in [0.1, 0.15) is 17.0 Å². The molecule has 0 saturated heterocycles. The van der Waals surface area contributed by atoms with Gasteiger partial charge in [0.1, 0.15) is 5.75 Å². The molecule has 0 aliphatic carbocycles. The summed E-state index contributed by atoms with van der Waals surface area (Å²) in [5.41, 5.74) is 5.45. The zero-order valence-corrected chi connectivity index (χ0v) is 18.0. The molecule has 0 bridgehead atoms. The summed E-state index contributed by atoms with van der Waals surface area (Å²) in [5.74, 6) is 0.823. The number of phenolic OH excluding ortho intramolecular Hbond substituents is 1. The average Bonchev–Trinajstić information content (AvgIpc) is 3.15. The second-order valence-corrected chi connectivity index (χ2v) is 7.63. The lowest BCUT2D eigenvalue weighted by molar-refractivity contribution is -0.118. The zero-order chi connectivity index (χ0) is 22.1. The average molecular weight is 437 g/mol. The van der Waals surface area contributed by atoms with E-state index in [0.29, 0.717) is 18.2 Å². The molecule has 0 saturated carbocycles. The molecule has 0 fully saturated rings. The van der Waals surface area contributed by atoms with E-state index in [1.165, 1.54) is 23.5 Å². The lowest BCUT2D eigenvalue weighted by Gasteiger charge is -2.09. The zero-order valence-electron chi connectivity index (χ0n) is 17.2. The fraction of sp³-hybridized carbons (Fsp3) is 0.182. The molecule has 1 amide bonds. The van der Waals surface area contributed by atoms with E-state index in [9.17, 15) is 9.90 Å². The molecule has 3 N–H and O–H groups in total. The number of rotatable bonds is 10. The number of hydrazone groups is 1. The van der Waals surface area contributed by atoms with Gasteiger partial charge in [0.15, 0.2) is 11.0 Å². The maximum atomic E-state index is 12.1. The molecule has 9 heteroatoms. The van der Waals surface area contributed by atoms with Crippen LogP contribution in [0.15, 0.2) is 71.4 Å². The van der Waals surface area contributed by atoms with E-state index >= 15 is 0 Å². The lowest BCUT2D eigenvalue weighted by Crippen LogP contribution is -2.20. The number of amides is 1. The van der Waals surface area contributed by atoms with Crippen LogP contribution in [-0.4, -0.2) is 37.7 Å². The number of aromatic nitrogens is 3. The Morgan fingerprint density at radius 2 is 1.94 bits per heavy atom. The van der Waals surface area contributed by atoms with Crippen LogP contribution in [-0.2, 0) is 17.9 Å². The number of aromatic hydroxyl groups is 1. The quantitative estimate of drug-likeness (QED) is 0.195. The summed E-state index contributed by atoms with van der Waals surface area (Å²) in [4.78, 5) is 12.1. The van der Waals surface area contributed by atoms with Crippen molar-refractivity contribution in [1.29, 1.82) is 0 Å². The van der Waals surface area contributed by atoms with Gasteiger partial charge in [-0.25, -0.2) is 5.43 Å². The molecule has 0 spiro atoms. The number of phenols is 1. The maximum absolute atomic E-state index is 12.1. The summed E-state index contributed by atoms with van der Waals surface area (Å²) in [6.07, 6.45) is 3.28. The third-order valence-electron chi connectivity index (χ3n) is 4.24. The van der Waals surface area contributed by atoms with Crippen molar-refractivity contribution in [3.8, 4) is 5.75 Å². The van der Waals surface area contributed by atoms with E-state index in [4.69, 9.17) is 0 Å². The summed E-state index contributed by atoms with van der Waals surface area (Å²) in [6.45, 7) is 6.89. The SMILES string of the molecule is C=CCn1c(CNc2ccc(C)cc2)nnc1SCC(=O)N/N=C/c1ccc(O)cc1. The van der Waals surface area contributed by atoms with Gasteiger partial charge in [-0.1, -0.05) is 35.5 Å². The Bertz CT molecular complexity index is 1040. The molecule has 0 radical (unpaired) electrons. The smallest absolute Gasteiger partial charge is 0.250 e. The Kier molecular flexibility index (Phi) is 7.83. The van der Waals surface area contributed by atoms with Gasteiger partial charge in [0, 0.05) is 12.2 Å². The summed E-state index contributed by atoms with van der Waals surface area (Å²) in [6, 6.07) is 14.6. The number of nitrogens with zero attached hydrogens (tertiary/aromatic N) is 4. The third kappa shape index (κ3) is 6.71. The molecule has 3 rings (SSSR count). The number of benzene rings is 2. The second-order valence-electron chi connectivity index (χ2n) is 6.69. The Morgan fingerprint density at radius 3 is 2.65 bits per heavy atom. The van der Waals surface area contributed by atoms with E-state index in [2.05, 4.69) is 32.6 Å². The van der Waals surface area contributed by atoms with Gasteiger partial charge in [0.2, 0.25) is 0 Å². The Morgan fingerprint density at radius 1 is 1.19 bits per heavy atom. The van der Waals surface area contributed by atoms with Crippen molar-refractivity contribution in [1.82, 2.24) is 20.2 Å². The predicted molar refractivity (Wildman–Crippen MR) is 123 cm³/mol. The van der Waals surface area contributed by atoms with Crippen molar-refractivity contribution in [2.24, 2.45) is 5.10 Å². The number of allylic oxidation sites excluding steroid dienone is 1. The van der Waals surface area contributed by atoms with Crippen LogP contribution in [0.25, 0.3) is 0 Å². The molecule has 0 aliphatic rings. The van der Waals surface area contributed by atoms with Crippen molar-refractivity contribution in [2.45, 2.75) is 25.2 Å². The van der Waals surface area contributed by atoms with E-state index in [-0.39, 0.29) is 17.4 Å². The number of thioether (sulfide) groups is 1. The molecular weight excluding hydrogens is 412 g/mol. The minimum Gasteiger partial charge on any atom is -0.508 e. The highest BCUT2D eigenvalue weighted by molar-refractivity contribution is 7.99. The fourth-order valence-corrected chi connectivity index (χ4v) is 3.38. The first-order chi connectivity index (χ1) is 15.0. The van der Waals surface area contributed by atoms with Gasteiger partial charge < -0.3 is 15.0 Å². The highest BCUT2D eigenvalue weighted by atomic mass is 32.2. The van der Waals surface area contributed by atoms with Gasteiger partial charge in [-0.05, 0) is 48.9 Å². The molecule has 31 heavy (non-hydrogen) atoms. The number of hydrogen-bond donors (Lipinski definition) is 3. The van der Waals surface area contributed by atoms with Crippen molar-refractivity contribution in [3.05, 3.63) is 78.1 Å². The van der Waals surface area contributed by atoms with Crippen molar-refractivity contribution < 1.29 is 9.90 Å². The van der Waals surface area contributed by atoms with Crippen molar-refractivity contribution >= 4 is 29.6 Å². The van der Waals surface area contributed by atoms with Gasteiger partial charge >= 0.3 is 0 Å². The van der Waals surface area contributed by atoms with Crippen LogP contribution < -0.4 is 10.7 Å². The van der Waals surface area contributed by atoms with Crippen molar-refractivity contribution in [3.63, 3.8) is 0 Å². The normalized spacial score (nSPS) is 10.9. The highest BCUT2D eigenvalue weighted by Gasteiger charge is 2.13. The van der Waals surface area contributed by atoms with Crippen LogP contribution in [0.2, 0.25) is 0 Å². The monoisotopic (exact) mass is 436 g/mol. The molecule has 0 atom stereocenters. The number of hydrogen-bond acceptors (Lipinski definition) is 7. The van der Waals surface area contributed by atoms with Crippen LogP contribution >= 0.6 is 11.8 Å². The van der Waals surface area contributed by atoms with Crippen LogP contribution in [0, 0.1) is 6.92 Å². The van der Waals surface area contributed by atoms with E-state index in [1.807, 2.05) is 35.8 Å². The number of aryl methyl sites for hydroxylation is 1. The standard InChI is InChI=1S/C22H24N6O2S/c1-3-12-28-20(14-23-18-8-4-16(2)5-9-18)25-27-22(28)31-15-21(30)26-24-13-17-6-10-19(29)11-7-17/h3-11,13,23,29H,1,12,14-15H2,2H3,(H,26,30)/b24-13+. The summed E-state index contributed by atoms with van der Waals surface area (Å²) in [7, 11) is 0. The minimum atomic E-state index is -0.257. The number of anilines is 1. The number of carbonyl (C=O) groups is 1. The lowest BCUT2D eigenvalue weighted by atomic mass is 10.2. The first kappa shape index (κ1) is 22.1. The maximum Gasteiger partial charge on any atom is 0.250 e. The Balaban J connectivity index is 1.54. The number of nitrogens with one attached hydrogen (secondary N) is 2. The summed E-state index contributed by atoms with van der Waals surface area (Å²) >= 11 is 1.28. The molecular formula is C22H24N6O2S. The van der Waals surface area contributed by atoms with Crippen LogP contribution in [0.5, 0.6) is 5.75 Å². The molecule has 1 heterocycles. The molecule has 0 aliphatic heterocycles. The van der Waals surface area contributed by atoms with E-state index < -0.39 is 0 Å². The first-order valence-electron chi connectivity index (χ1n) is 9.62. The Labute approximate surface area is 185 Å². The first-order valence-corrected chi connectivity index (χ1v) is 10.6. The van der Waals surface area contributed by atoms with Gasteiger partial charge in [-0.2, -0.15) is 5.10 Å². The molecule has 8 nitrogen and oxygen atoms in total. The highest BCUT2D eigenvalue weighted by Crippen LogP contribution is 2.18. The molecule has 160 valence electrons. The van der Waals surface area contributed by atoms with E-state index in [1.54, 1.807) is 30.3 Å². The molecule has 0 unspecified atom stereocenters. The number of carbonyl (C=O) groups excluding carboxylic acids is 1. The molecule has 2 aromatic carbocycles. The fourth-order valence-electron chi connectivity index (χ4n) is 2.62. The second kappa shape index (κ2) is 11.0. The topological polar surface area (TPSA) is 104 Å². The largest absolute Gasteiger partial charge is 0.508 e. The molecule has 3 aromatic rings. The Hall–Kier alpha value is -3.59. The van der Waals surface area contributed by atoms with Crippen molar-refractivity contribution in [2.75, 3.05) is 11.1 Å². The van der Waals surface area contributed by atoms with Gasteiger partial charge in [-0.15, -0.1) is 16.8 Å². The van der Waals surface area contributed by atoms with E-state index in [0.717, 1.165) is 17.1 Å². The molecule has 1 aromatic heterocycles. The van der Waals surface area contributed by atoms with Crippen LogP contribution in [0.3, 0.4) is 0 Å². The summed E-state index contributed by atoms with van der Waals surface area (Å²) in [5, 5.41) is 25.6.